The molecule has 0 bridgehead atoms. The standard InChI is InChI=1S/C17H25N5O2S/c1-3-8-22-17(4-7-19-22)16-13-18-12-15(20-16)11-14-5-9-21(10-6-14)25(2,23)24/h4,7,12-14H,3,5-6,8-11H2,1-2H3. The number of aromatic nitrogens is 4. The molecule has 0 atom stereocenters. The van der Waals surface area contributed by atoms with Gasteiger partial charge < -0.3 is 0 Å². The molecule has 0 aromatic carbocycles. The Labute approximate surface area is 149 Å². The number of rotatable bonds is 6. The van der Waals surface area contributed by atoms with Gasteiger partial charge in [0.15, 0.2) is 0 Å². The van der Waals surface area contributed by atoms with Crippen molar-refractivity contribution in [2.75, 3.05) is 19.3 Å². The third kappa shape index (κ3) is 4.43. The zero-order chi connectivity index (χ0) is 17.9. The van der Waals surface area contributed by atoms with Crippen LogP contribution >= 0.6 is 0 Å². The lowest BCUT2D eigenvalue weighted by molar-refractivity contribution is 0.273. The van der Waals surface area contributed by atoms with Crippen molar-refractivity contribution < 1.29 is 8.42 Å². The number of hydrogen-bond donors (Lipinski definition) is 0. The fourth-order valence-electron chi connectivity index (χ4n) is 3.31. The van der Waals surface area contributed by atoms with E-state index in [-0.39, 0.29) is 0 Å². The van der Waals surface area contributed by atoms with Crippen LogP contribution in [0.2, 0.25) is 0 Å². The van der Waals surface area contributed by atoms with Crippen molar-refractivity contribution in [2.45, 2.75) is 39.2 Å². The molecule has 0 saturated carbocycles. The summed E-state index contributed by atoms with van der Waals surface area (Å²) < 4.78 is 26.7. The Bertz CT molecular complexity index is 810. The van der Waals surface area contributed by atoms with E-state index in [9.17, 15) is 8.42 Å². The smallest absolute Gasteiger partial charge is 0.211 e. The van der Waals surface area contributed by atoms with Gasteiger partial charge in [-0.1, -0.05) is 6.92 Å². The van der Waals surface area contributed by atoms with Crippen LogP contribution in [0.25, 0.3) is 11.4 Å². The van der Waals surface area contributed by atoms with E-state index >= 15 is 0 Å². The second kappa shape index (κ2) is 7.61. The normalized spacial score (nSPS) is 17.0. The summed E-state index contributed by atoms with van der Waals surface area (Å²) in [5.41, 5.74) is 2.79. The maximum Gasteiger partial charge on any atom is 0.211 e. The zero-order valence-corrected chi connectivity index (χ0v) is 15.6. The first-order valence-corrected chi connectivity index (χ1v) is 10.6. The molecule has 2 aromatic rings. The Morgan fingerprint density at radius 3 is 2.68 bits per heavy atom. The molecule has 7 nitrogen and oxygen atoms in total. The average Bonchev–Trinajstić information content (AvgIpc) is 3.03. The van der Waals surface area contributed by atoms with Crippen molar-refractivity contribution >= 4 is 10.0 Å². The van der Waals surface area contributed by atoms with E-state index in [2.05, 4.69) is 17.0 Å². The largest absolute Gasteiger partial charge is 0.263 e. The van der Waals surface area contributed by atoms with E-state index < -0.39 is 10.0 Å². The predicted octanol–water partition coefficient (Wildman–Crippen LogP) is 1.96. The minimum Gasteiger partial charge on any atom is -0.263 e. The predicted molar refractivity (Wildman–Crippen MR) is 96.4 cm³/mol. The molecule has 0 spiro atoms. The van der Waals surface area contributed by atoms with Crippen LogP contribution in [0.5, 0.6) is 0 Å². The summed E-state index contributed by atoms with van der Waals surface area (Å²) in [5, 5.41) is 4.35. The Kier molecular flexibility index (Phi) is 5.48. The van der Waals surface area contributed by atoms with Gasteiger partial charge in [-0.25, -0.2) is 17.7 Å². The van der Waals surface area contributed by atoms with Gasteiger partial charge in [0.25, 0.3) is 0 Å². The fourth-order valence-corrected chi connectivity index (χ4v) is 4.18. The Hall–Kier alpha value is -1.80. The van der Waals surface area contributed by atoms with Crippen molar-refractivity contribution in [1.29, 1.82) is 0 Å². The molecular weight excluding hydrogens is 338 g/mol. The molecule has 2 aromatic heterocycles. The number of sulfonamides is 1. The number of aryl methyl sites for hydroxylation is 1. The van der Waals surface area contributed by atoms with E-state index in [1.165, 1.54) is 6.26 Å². The highest BCUT2D eigenvalue weighted by Crippen LogP contribution is 2.23. The zero-order valence-electron chi connectivity index (χ0n) is 14.8. The molecule has 136 valence electrons. The van der Waals surface area contributed by atoms with E-state index in [0.717, 1.165) is 49.3 Å². The summed E-state index contributed by atoms with van der Waals surface area (Å²) in [5.74, 6) is 0.447. The van der Waals surface area contributed by atoms with Gasteiger partial charge in [-0.15, -0.1) is 0 Å². The van der Waals surface area contributed by atoms with Crippen molar-refractivity contribution in [3.63, 3.8) is 0 Å². The number of nitrogens with zero attached hydrogens (tertiary/aromatic N) is 5. The van der Waals surface area contributed by atoms with Gasteiger partial charge in [0.05, 0.1) is 23.8 Å². The minimum atomic E-state index is -3.07. The summed E-state index contributed by atoms with van der Waals surface area (Å²) >= 11 is 0. The van der Waals surface area contributed by atoms with Gasteiger partial charge in [0, 0.05) is 32.0 Å². The molecule has 1 aliphatic heterocycles. The molecule has 0 unspecified atom stereocenters. The molecule has 1 fully saturated rings. The van der Waals surface area contributed by atoms with Gasteiger partial charge in [-0.2, -0.15) is 5.10 Å². The molecule has 1 saturated heterocycles. The van der Waals surface area contributed by atoms with Crippen LogP contribution in [-0.4, -0.2) is 51.8 Å². The molecule has 3 heterocycles. The van der Waals surface area contributed by atoms with Crippen LogP contribution in [-0.2, 0) is 23.0 Å². The summed E-state index contributed by atoms with van der Waals surface area (Å²) in [6.45, 7) is 4.17. The lowest BCUT2D eigenvalue weighted by Gasteiger charge is -2.30. The molecule has 8 heteroatoms. The Morgan fingerprint density at radius 2 is 2.00 bits per heavy atom. The van der Waals surface area contributed by atoms with Crippen LogP contribution in [0.3, 0.4) is 0 Å². The highest BCUT2D eigenvalue weighted by atomic mass is 32.2. The quantitative estimate of drug-likeness (QED) is 0.784. The molecule has 25 heavy (non-hydrogen) atoms. The average molecular weight is 363 g/mol. The van der Waals surface area contributed by atoms with Crippen LogP contribution in [0.15, 0.2) is 24.7 Å². The van der Waals surface area contributed by atoms with Gasteiger partial charge in [-0.3, -0.25) is 9.67 Å². The molecule has 3 rings (SSSR count). The first-order valence-electron chi connectivity index (χ1n) is 8.75. The van der Waals surface area contributed by atoms with Crippen molar-refractivity contribution in [2.24, 2.45) is 5.92 Å². The first kappa shape index (κ1) is 18.0. The van der Waals surface area contributed by atoms with Gasteiger partial charge >= 0.3 is 0 Å². The Balaban J connectivity index is 1.68. The van der Waals surface area contributed by atoms with Crippen molar-refractivity contribution in [1.82, 2.24) is 24.1 Å². The topological polar surface area (TPSA) is 81.0 Å². The van der Waals surface area contributed by atoms with Crippen molar-refractivity contribution in [3.8, 4) is 11.4 Å². The summed E-state index contributed by atoms with van der Waals surface area (Å²) in [6.07, 6.45) is 10.2. The Morgan fingerprint density at radius 1 is 1.24 bits per heavy atom. The molecule has 0 amide bonds. The highest BCUT2D eigenvalue weighted by Gasteiger charge is 2.25. The lowest BCUT2D eigenvalue weighted by atomic mass is 9.93. The SMILES string of the molecule is CCCn1nccc1-c1cncc(CC2CCN(S(C)(=O)=O)CC2)n1. The van der Waals surface area contributed by atoms with Crippen LogP contribution in [0.4, 0.5) is 0 Å². The molecule has 0 N–H and O–H groups in total. The lowest BCUT2D eigenvalue weighted by Crippen LogP contribution is -2.38. The second-order valence-electron chi connectivity index (χ2n) is 6.64. The molecule has 1 aliphatic rings. The van der Waals surface area contributed by atoms with Crippen LogP contribution in [0, 0.1) is 5.92 Å². The monoisotopic (exact) mass is 363 g/mol. The van der Waals surface area contributed by atoms with Crippen LogP contribution < -0.4 is 0 Å². The van der Waals surface area contributed by atoms with E-state index in [4.69, 9.17) is 4.98 Å². The highest BCUT2D eigenvalue weighted by molar-refractivity contribution is 7.88. The summed E-state index contributed by atoms with van der Waals surface area (Å²) in [7, 11) is -3.07. The maximum absolute atomic E-state index is 11.6. The minimum absolute atomic E-state index is 0.447. The molecule has 0 aliphatic carbocycles. The van der Waals surface area contributed by atoms with E-state index in [1.807, 2.05) is 16.9 Å². The fraction of sp³-hybridized carbons (Fsp3) is 0.588. The van der Waals surface area contributed by atoms with Gasteiger partial charge in [0.1, 0.15) is 5.69 Å². The third-order valence-corrected chi connectivity index (χ3v) is 5.94. The second-order valence-corrected chi connectivity index (χ2v) is 8.63. The molecule has 0 radical (unpaired) electrons. The van der Waals surface area contributed by atoms with E-state index in [0.29, 0.717) is 19.0 Å². The number of hydrogen-bond acceptors (Lipinski definition) is 5. The number of piperidine rings is 1. The third-order valence-electron chi connectivity index (χ3n) is 4.64. The summed E-state index contributed by atoms with van der Waals surface area (Å²) in [4.78, 5) is 9.12. The van der Waals surface area contributed by atoms with Crippen molar-refractivity contribution in [3.05, 3.63) is 30.4 Å². The van der Waals surface area contributed by atoms with Gasteiger partial charge in [-0.05, 0) is 37.7 Å². The van der Waals surface area contributed by atoms with E-state index in [1.54, 1.807) is 16.7 Å². The van der Waals surface area contributed by atoms with Crippen LogP contribution in [0.1, 0.15) is 31.9 Å². The first-order chi connectivity index (χ1) is 12.0. The maximum atomic E-state index is 11.6. The summed E-state index contributed by atoms with van der Waals surface area (Å²) in [6, 6.07) is 1.97. The molecular formula is C17H25N5O2S. The van der Waals surface area contributed by atoms with Gasteiger partial charge in [0.2, 0.25) is 10.0 Å².